The van der Waals surface area contributed by atoms with Crippen LogP contribution in [0.5, 0.6) is 0 Å². The lowest BCUT2D eigenvalue weighted by molar-refractivity contribution is -0.104. The van der Waals surface area contributed by atoms with Crippen molar-refractivity contribution in [1.82, 2.24) is 14.7 Å². The van der Waals surface area contributed by atoms with E-state index in [0.717, 1.165) is 57.8 Å². The van der Waals surface area contributed by atoms with Gasteiger partial charge in [-0.1, -0.05) is 74.0 Å². The highest BCUT2D eigenvalue weighted by Gasteiger charge is 2.55. The van der Waals surface area contributed by atoms with E-state index < -0.39 is 6.35 Å². The van der Waals surface area contributed by atoms with E-state index in [9.17, 15) is 5.11 Å². The predicted octanol–water partition coefficient (Wildman–Crippen LogP) is 5.04. The second kappa shape index (κ2) is 9.50. The van der Waals surface area contributed by atoms with Gasteiger partial charge < -0.3 is 5.11 Å². The minimum absolute atomic E-state index is 0.0800. The minimum atomic E-state index is -0.473. The van der Waals surface area contributed by atoms with Crippen LogP contribution in [-0.2, 0) is 12.1 Å². The van der Waals surface area contributed by atoms with Crippen molar-refractivity contribution in [2.75, 3.05) is 26.7 Å². The van der Waals surface area contributed by atoms with Crippen molar-refractivity contribution in [3.8, 4) is 0 Å². The van der Waals surface area contributed by atoms with E-state index in [1.807, 2.05) is 0 Å². The van der Waals surface area contributed by atoms with Crippen LogP contribution >= 0.6 is 0 Å². The van der Waals surface area contributed by atoms with Gasteiger partial charge in [-0.05, 0) is 69.2 Å². The van der Waals surface area contributed by atoms with Crippen LogP contribution in [0.2, 0.25) is 0 Å². The largest absolute Gasteiger partial charge is 0.365 e. The van der Waals surface area contributed by atoms with Gasteiger partial charge in [-0.25, -0.2) is 0 Å². The SMILES string of the molecule is CCN(C)C1(c2ccccc2)CCC2(CC1)CN(Cc1ccccc1)C(O)N2CC1CCC1. The Morgan fingerprint density at radius 2 is 1.58 bits per heavy atom. The number of hydrogen-bond acceptors (Lipinski definition) is 4. The highest BCUT2D eigenvalue weighted by Crippen LogP contribution is 2.50. The first-order chi connectivity index (χ1) is 16.1. The summed E-state index contributed by atoms with van der Waals surface area (Å²) in [7, 11) is 2.29. The number of nitrogens with zero attached hydrogens (tertiary/aromatic N) is 3. The van der Waals surface area contributed by atoms with Gasteiger partial charge in [0.15, 0.2) is 6.35 Å². The molecule has 2 saturated carbocycles. The standard InChI is InChI=1S/C29H41N3O/c1-3-30(2)29(26-15-8-5-9-16-26)19-17-28(18-20-29)23-31(21-24-11-6-4-7-12-24)27(33)32(28)22-25-13-10-14-25/h4-9,11-12,15-16,25,27,33H,3,10,13-14,17-23H2,1-2H3. The third-order valence-corrected chi connectivity index (χ3v) is 9.14. The number of hydrogen-bond donors (Lipinski definition) is 1. The average molecular weight is 448 g/mol. The molecule has 4 nitrogen and oxygen atoms in total. The summed E-state index contributed by atoms with van der Waals surface area (Å²) in [5, 5.41) is 11.5. The molecule has 1 heterocycles. The van der Waals surface area contributed by atoms with Crippen molar-refractivity contribution in [1.29, 1.82) is 0 Å². The van der Waals surface area contributed by atoms with Gasteiger partial charge in [0.2, 0.25) is 0 Å². The lowest BCUT2D eigenvalue weighted by Gasteiger charge is -2.53. The molecule has 1 saturated heterocycles. The zero-order chi connectivity index (χ0) is 22.9. The van der Waals surface area contributed by atoms with Crippen molar-refractivity contribution < 1.29 is 5.11 Å². The first-order valence-electron chi connectivity index (χ1n) is 13.1. The maximum Gasteiger partial charge on any atom is 0.166 e. The molecule has 2 aromatic carbocycles. The van der Waals surface area contributed by atoms with Crippen LogP contribution in [0.25, 0.3) is 0 Å². The highest BCUT2D eigenvalue weighted by molar-refractivity contribution is 5.27. The van der Waals surface area contributed by atoms with E-state index >= 15 is 0 Å². The Bertz CT molecular complexity index is 890. The van der Waals surface area contributed by atoms with E-state index in [1.165, 1.54) is 30.4 Å². The van der Waals surface area contributed by atoms with E-state index in [0.29, 0.717) is 0 Å². The number of aliphatic hydroxyl groups is 1. The third kappa shape index (κ3) is 4.27. The third-order valence-electron chi connectivity index (χ3n) is 9.14. The van der Waals surface area contributed by atoms with Crippen LogP contribution in [0.15, 0.2) is 60.7 Å². The summed E-state index contributed by atoms with van der Waals surface area (Å²) in [6.07, 6.45) is 8.10. The summed E-state index contributed by atoms with van der Waals surface area (Å²) in [5.74, 6) is 0.757. The van der Waals surface area contributed by atoms with E-state index in [-0.39, 0.29) is 11.1 Å². The normalized spacial score (nSPS) is 31.3. The summed E-state index contributed by atoms with van der Waals surface area (Å²) < 4.78 is 0. The maximum atomic E-state index is 11.5. The van der Waals surface area contributed by atoms with E-state index in [1.54, 1.807) is 0 Å². The van der Waals surface area contributed by atoms with Crippen molar-refractivity contribution in [3.63, 3.8) is 0 Å². The Balaban J connectivity index is 1.40. The summed E-state index contributed by atoms with van der Waals surface area (Å²) in [6, 6.07) is 21.8. The number of rotatable bonds is 7. The first-order valence-corrected chi connectivity index (χ1v) is 13.1. The van der Waals surface area contributed by atoms with Gasteiger partial charge in [-0.15, -0.1) is 0 Å². The van der Waals surface area contributed by atoms with Gasteiger partial charge in [0.1, 0.15) is 0 Å². The molecule has 0 radical (unpaired) electrons. The molecule has 1 N–H and O–H groups in total. The fraction of sp³-hybridized carbons (Fsp3) is 0.586. The molecular weight excluding hydrogens is 406 g/mol. The first kappa shape index (κ1) is 23.0. The summed E-state index contributed by atoms with van der Waals surface area (Å²) in [5.41, 5.74) is 2.92. The molecule has 0 amide bonds. The Hall–Kier alpha value is -1.72. The van der Waals surface area contributed by atoms with E-state index in [2.05, 4.69) is 89.3 Å². The predicted molar refractivity (Wildman–Crippen MR) is 135 cm³/mol. The van der Waals surface area contributed by atoms with Crippen molar-refractivity contribution in [3.05, 3.63) is 71.8 Å². The number of aliphatic hydroxyl groups excluding tert-OH is 1. The zero-order valence-electron chi connectivity index (χ0n) is 20.5. The summed E-state index contributed by atoms with van der Waals surface area (Å²) >= 11 is 0. The fourth-order valence-electron chi connectivity index (χ4n) is 6.71. The van der Waals surface area contributed by atoms with Crippen LogP contribution in [0, 0.1) is 5.92 Å². The number of benzene rings is 2. The second-order valence-electron chi connectivity index (χ2n) is 10.8. The van der Waals surface area contributed by atoms with Gasteiger partial charge in [-0.2, -0.15) is 0 Å². The Labute approximate surface area is 200 Å². The maximum absolute atomic E-state index is 11.5. The molecule has 5 rings (SSSR count). The molecule has 2 aliphatic carbocycles. The summed E-state index contributed by atoms with van der Waals surface area (Å²) in [6.45, 7) is 6.17. The molecule has 3 fully saturated rings. The molecule has 1 aliphatic heterocycles. The van der Waals surface area contributed by atoms with Gasteiger partial charge in [0.25, 0.3) is 0 Å². The van der Waals surface area contributed by atoms with Crippen LogP contribution in [0.1, 0.15) is 63.0 Å². The van der Waals surface area contributed by atoms with Gasteiger partial charge in [-0.3, -0.25) is 14.7 Å². The molecule has 178 valence electrons. The molecular formula is C29H41N3O. The van der Waals surface area contributed by atoms with Gasteiger partial charge >= 0.3 is 0 Å². The van der Waals surface area contributed by atoms with Crippen molar-refractivity contribution in [2.45, 2.75) is 75.8 Å². The molecule has 2 aromatic rings. The monoisotopic (exact) mass is 447 g/mol. The van der Waals surface area contributed by atoms with Crippen LogP contribution in [-0.4, -0.2) is 58.4 Å². The topological polar surface area (TPSA) is 30.0 Å². The Morgan fingerprint density at radius 1 is 0.939 bits per heavy atom. The Kier molecular flexibility index (Phi) is 6.63. The molecule has 0 bridgehead atoms. The van der Waals surface area contributed by atoms with Crippen LogP contribution in [0.3, 0.4) is 0 Å². The fourth-order valence-corrected chi connectivity index (χ4v) is 6.71. The zero-order valence-corrected chi connectivity index (χ0v) is 20.5. The van der Waals surface area contributed by atoms with Crippen LogP contribution < -0.4 is 0 Å². The Morgan fingerprint density at radius 3 is 2.15 bits per heavy atom. The molecule has 3 aliphatic rings. The smallest absolute Gasteiger partial charge is 0.166 e. The van der Waals surface area contributed by atoms with E-state index in [4.69, 9.17) is 0 Å². The minimum Gasteiger partial charge on any atom is -0.365 e. The summed E-state index contributed by atoms with van der Waals surface area (Å²) in [4.78, 5) is 7.41. The quantitative estimate of drug-likeness (QED) is 0.644. The molecule has 4 heteroatoms. The molecule has 1 spiro atoms. The molecule has 1 unspecified atom stereocenters. The van der Waals surface area contributed by atoms with Crippen molar-refractivity contribution in [2.24, 2.45) is 5.92 Å². The van der Waals surface area contributed by atoms with Crippen LogP contribution in [0.4, 0.5) is 0 Å². The molecule has 0 aromatic heterocycles. The van der Waals surface area contributed by atoms with Gasteiger partial charge in [0.05, 0.1) is 0 Å². The van der Waals surface area contributed by atoms with Gasteiger partial charge in [0, 0.05) is 30.7 Å². The lowest BCUT2D eigenvalue weighted by Crippen LogP contribution is -2.57. The lowest BCUT2D eigenvalue weighted by atomic mass is 9.68. The molecule has 1 atom stereocenters. The second-order valence-corrected chi connectivity index (χ2v) is 10.8. The van der Waals surface area contributed by atoms with Crippen molar-refractivity contribution >= 4 is 0 Å². The highest BCUT2D eigenvalue weighted by atomic mass is 16.3. The average Bonchev–Trinajstić information content (AvgIpc) is 3.07. The molecule has 33 heavy (non-hydrogen) atoms.